The van der Waals surface area contributed by atoms with Gasteiger partial charge in [0.25, 0.3) is 0 Å². The maximum atomic E-state index is 12.2. The summed E-state index contributed by atoms with van der Waals surface area (Å²) in [5.41, 5.74) is 2.64. The Hall–Kier alpha value is -1.06. The summed E-state index contributed by atoms with van der Waals surface area (Å²) < 4.78 is 0. The highest BCUT2D eigenvalue weighted by atomic mass is 35.5. The number of piperidine rings is 1. The molecule has 1 heterocycles. The Balaban J connectivity index is 0.00000242. The lowest BCUT2D eigenvalue weighted by atomic mass is 9.86. The molecular weight excluding hydrogens is 296 g/mol. The van der Waals surface area contributed by atoms with Gasteiger partial charge < -0.3 is 10.6 Å². The van der Waals surface area contributed by atoms with Crippen molar-refractivity contribution in [3.05, 3.63) is 35.4 Å². The third kappa shape index (κ3) is 4.99. The van der Waals surface area contributed by atoms with E-state index in [9.17, 15) is 4.79 Å². The lowest BCUT2D eigenvalue weighted by molar-refractivity contribution is -0.124. The minimum absolute atomic E-state index is 0. The number of benzene rings is 1. The minimum atomic E-state index is -0.0185. The average molecular weight is 325 g/mol. The number of rotatable bonds is 3. The summed E-state index contributed by atoms with van der Waals surface area (Å²) in [7, 11) is 0. The Morgan fingerprint density at radius 2 is 1.86 bits per heavy atom. The summed E-state index contributed by atoms with van der Waals surface area (Å²) in [6.07, 6.45) is 3.26. The van der Waals surface area contributed by atoms with E-state index in [0.29, 0.717) is 0 Å². The molecule has 22 heavy (non-hydrogen) atoms. The Kier molecular flexibility index (Phi) is 6.89. The van der Waals surface area contributed by atoms with Crippen LogP contribution in [-0.2, 0) is 10.2 Å². The molecule has 1 aromatic rings. The quantitative estimate of drug-likeness (QED) is 0.889. The third-order valence-corrected chi connectivity index (χ3v) is 4.26. The molecule has 0 aromatic heterocycles. The van der Waals surface area contributed by atoms with E-state index in [2.05, 4.69) is 55.7 Å². The van der Waals surface area contributed by atoms with E-state index in [-0.39, 0.29) is 35.8 Å². The molecule has 1 aliphatic rings. The Bertz CT molecular complexity index is 473. The maximum absolute atomic E-state index is 12.2. The van der Waals surface area contributed by atoms with Gasteiger partial charge in [-0.3, -0.25) is 4.79 Å². The van der Waals surface area contributed by atoms with Crippen LogP contribution in [0.4, 0.5) is 0 Å². The standard InChI is InChI=1S/C18H28N2O.ClH/c1-13(20-17(21)16-7-5-6-12-19-16)14-8-10-15(11-9-14)18(2,3)4;/h8-11,13,16,19H,5-7,12H2,1-4H3,(H,20,21);1H. The summed E-state index contributed by atoms with van der Waals surface area (Å²) >= 11 is 0. The first-order chi connectivity index (χ1) is 9.88. The topological polar surface area (TPSA) is 41.1 Å². The molecule has 0 aliphatic carbocycles. The minimum Gasteiger partial charge on any atom is -0.348 e. The lowest BCUT2D eigenvalue weighted by Crippen LogP contribution is -2.47. The first kappa shape index (κ1) is 19.0. The summed E-state index contributed by atoms with van der Waals surface area (Å²) in [4.78, 5) is 12.2. The van der Waals surface area contributed by atoms with Gasteiger partial charge in [-0.1, -0.05) is 51.5 Å². The van der Waals surface area contributed by atoms with E-state index < -0.39 is 0 Å². The summed E-state index contributed by atoms with van der Waals surface area (Å²) in [6, 6.07) is 8.61. The van der Waals surface area contributed by atoms with E-state index in [1.165, 1.54) is 12.0 Å². The van der Waals surface area contributed by atoms with Crippen LogP contribution in [0.1, 0.15) is 64.1 Å². The van der Waals surface area contributed by atoms with Crippen LogP contribution in [0, 0.1) is 0 Å². The zero-order valence-corrected chi connectivity index (χ0v) is 14.9. The Morgan fingerprint density at radius 3 is 2.36 bits per heavy atom. The van der Waals surface area contributed by atoms with Crippen molar-refractivity contribution in [2.24, 2.45) is 0 Å². The third-order valence-electron chi connectivity index (χ3n) is 4.26. The number of hydrogen-bond acceptors (Lipinski definition) is 2. The van der Waals surface area contributed by atoms with Crippen LogP contribution in [0.3, 0.4) is 0 Å². The number of carbonyl (C=O) groups excluding carboxylic acids is 1. The van der Waals surface area contributed by atoms with Crippen LogP contribution >= 0.6 is 12.4 Å². The molecule has 0 saturated carbocycles. The van der Waals surface area contributed by atoms with Gasteiger partial charge in [-0.05, 0) is 42.9 Å². The van der Waals surface area contributed by atoms with E-state index in [0.717, 1.165) is 24.9 Å². The molecule has 2 atom stereocenters. The highest BCUT2D eigenvalue weighted by molar-refractivity contribution is 5.85. The second-order valence-corrected chi connectivity index (χ2v) is 7.10. The number of halogens is 1. The molecular formula is C18H29ClN2O. The molecule has 0 bridgehead atoms. The van der Waals surface area contributed by atoms with Crippen molar-refractivity contribution in [3.8, 4) is 0 Å². The van der Waals surface area contributed by atoms with Crippen LogP contribution in [0.2, 0.25) is 0 Å². The van der Waals surface area contributed by atoms with Crippen molar-refractivity contribution in [2.45, 2.75) is 64.5 Å². The normalized spacial score (nSPS) is 19.9. The fourth-order valence-corrected chi connectivity index (χ4v) is 2.74. The number of amides is 1. The van der Waals surface area contributed by atoms with E-state index in [1.54, 1.807) is 0 Å². The molecule has 1 amide bonds. The van der Waals surface area contributed by atoms with E-state index >= 15 is 0 Å². The van der Waals surface area contributed by atoms with Crippen molar-refractivity contribution in [2.75, 3.05) is 6.54 Å². The van der Waals surface area contributed by atoms with Crippen LogP contribution in [-0.4, -0.2) is 18.5 Å². The van der Waals surface area contributed by atoms with Gasteiger partial charge in [0, 0.05) is 0 Å². The van der Waals surface area contributed by atoms with Crippen molar-refractivity contribution in [1.82, 2.24) is 10.6 Å². The Labute approximate surface area is 140 Å². The molecule has 3 nitrogen and oxygen atoms in total. The monoisotopic (exact) mass is 324 g/mol. The van der Waals surface area contributed by atoms with E-state index in [1.807, 2.05) is 6.92 Å². The van der Waals surface area contributed by atoms with Crippen molar-refractivity contribution >= 4 is 18.3 Å². The molecule has 2 unspecified atom stereocenters. The molecule has 1 aromatic carbocycles. The van der Waals surface area contributed by atoms with Gasteiger partial charge in [-0.2, -0.15) is 0 Å². The Morgan fingerprint density at radius 1 is 1.23 bits per heavy atom. The predicted octanol–water partition coefficient (Wildman–Crippen LogP) is 3.73. The number of carbonyl (C=O) groups is 1. The zero-order chi connectivity index (χ0) is 15.5. The van der Waals surface area contributed by atoms with Crippen molar-refractivity contribution < 1.29 is 4.79 Å². The smallest absolute Gasteiger partial charge is 0.237 e. The second kappa shape index (κ2) is 7.98. The average Bonchev–Trinajstić information content (AvgIpc) is 2.47. The summed E-state index contributed by atoms with van der Waals surface area (Å²) in [6.45, 7) is 9.63. The predicted molar refractivity (Wildman–Crippen MR) is 94.6 cm³/mol. The van der Waals surface area contributed by atoms with Crippen LogP contribution in [0.25, 0.3) is 0 Å². The maximum Gasteiger partial charge on any atom is 0.237 e. The van der Waals surface area contributed by atoms with Gasteiger partial charge in [0.2, 0.25) is 5.91 Å². The van der Waals surface area contributed by atoms with Gasteiger partial charge in [0.1, 0.15) is 0 Å². The molecule has 124 valence electrons. The molecule has 2 N–H and O–H groups in total. The van der Waals surface area contributed by atoms with Crippen molar-refractivity contribution in [1.29, 1.82) is 0 Å². The van der Waals surface area contributed by atoms with Crippen LogP contribution in [0.15, 0.2) is 24.3 Å². The van der Waals surface area contributed by atoms with Gasteiger partial charge >= 0.3 is 0 Å². The van der Waals surface area contributed by atoms with Gasteiger partial charge in [0.05, 0.1) is 12.1 Å². The number of nitrogens with one attached hydrogen (secondary N) is 2. The van der Waals surface area contributed by atoms with Crippen LogP contribution in [0.5, 0.6) is 0 Å². The first-order valence-electron chi connectivity index (χ1n) is 8.02. The largest absolute Gasteiger partial charge is 0.348 e. The highest BCUT2D eigenvalue weighted by Gasteiger charge is 2.22. The molecule has 1 saturated heterocycles. The molecule has 2 rings (SSSR count). The molecule has 0 radical (unpaired) electrons. The van der Waals surface area contributed by atoms with E-state index in [4.69, 9.17) is 0 Å². The first-order valence-corrected chi connectivity index (χ1v) is 8.02. The van der Waals surface area contributed by atoms with Gasteiger partial charge in [-0.25, -0.2) is 0 Å². The fourth-order valence-electron chi connectivity index (χ4n) is 2.74. The lowest BCUT2D eigenvalue weighted by Gasteiger charge is -2.25. The summed E-state index contributed by atoms with van der Waals surface area (Å²) in [5, 5.41) is 6.42. The fraction of sp³-hybridized carbons (Fsp3) is 0.611. The molecule has 1 aliphatic heterocycles. The molecule has 1 fully saturated rings. The van der Waals surface area contributed by atoms with Crippen molar-refractivity contribution in [3.63, 3.8) is 0 Å². The zero-order valence-electron chi connectivity index (χ0n) is 14.1. The van der Waals surface area contributed by atoms with Crippen LogP contribution < -0.4 is 10.6 Å². The molecule has 0 spiro atoms. The second-order valence-electron chi connectivity index (χ2n) is 7.10. The summed E-state index contributed by atoms with van der Waals surface area (Å²) in [5.74, 6) is 0.127. The SMILES string of the molecule is CC(NC(=O)C1CCCCN1)c1ccc(C(C)(C)C)cc1.Cl. The van der Waals surface area contributed by atoms with Gasteiger partial charge in [-0.15, -0.1) is 12.4 Å². The molecule has 4 heteroatoms. The number of hydrogen-bond donors (Lipinski definition) is 2. The highest BCUT2D eigenvalue weighted by Crippen LogP contribution is 2.24. The van der Waals surface area contributed by atoms with Gasteiger partial charge in [0.15, 0.2) is 0 Å².